The van der Waals surface area contributed by atoms with Crippen LogP contribution >= 0.6 is 0 Å². The van der Waals surface area contributed by atoms with Crippen LogP contribution in [0.25, 0.3) is 5.57 Å². The molecule has 0 saturated carbocycles. The van der Waals surface area contributed by atoms with E-state index in [-0.39, 0.29) is 5.91 Å². The molecule has 0 bridgehead atoms. The molecule has 1 amide bonds. The molecule has 3 rings (SSSR count). The average molecular weight is 350 g/mol. The van der Waals surface area contributed by atoms with Crippen molar-refractivity contribution < 1.29 is 9.53 Å². The van der Waals surface area contributed by atoms with Crippen LogP contribution in [0.4, 0.5) is 5.69 Å². The number of rotatable bonds is 4. The van der Waals surface area contributed by atoms with Crippen molar-refractivity contribution in [1.82, 2.24) is 4.90 Å². The Morgan fingerprint density at radius 2 is 1.73 bits per heavy atom. The molecule has 1 saturated heterocycles. The highest BCUT2D eigenvalue weighted by Gasteiger charge is 2.20. The molecule has 0 radical (unpaired) electrons. The number of allylic oxidation sites excluding steroid dienone is 1. The SMILES string of the molecule is COc1ccc(/C(C)=C/C(=O)N2CCN(c3cccc(C)c3)CC2)cc1. The van der Waals surface area contributed by atoms with Gasteiger partial charge in [-0.1, -0.05) is 24.3 Å². The number of piperazine rings is 1. The van der Waals surface area contributed by atoms with Crippen molar-refractivity contribution in [1.29, 1.82) is 0 Å². The number of nitrogens with zero attached hydrogens (tertiary/aromatic N) is 2. The summed E-state index contributed by atoms with van der Waals surface area (Å²) in [5.41, 5.74) is 4.51. The number of ether oxygens (including phenoxy) is 1. The fraction of sp³-hybridized carbons (Fsp3) is 0.318. The first kappa shape index (κ1) is 18.1. The molecule has 0 spiro atoms. The molecule has 1 fully saturated rings. The van der Waals surface area contributed by atoms with E-state index < -0.39 is 0 Å². The predicted octanol–water partition coefficient (Wildman–Crippen LogP) is 3.76. The van der Waals surface area contributed by atoms with Gasteiger partial charge in [0.25, 0.3) is 0 Å². The van der Waals surface area contributed by atoms with Crippen molar-refractivity contribution in [3.63, 3.8) is 0 Å². The lowest BCUT2D eigenvalue weighted by atomic mass is 10.1. The van der Waals surface area contributed by atoms with Crippen LogP contribution in [-0.4, -0.2) is 44.1 Å². The third-order valence-electron chi connectivity index (χ3n) is 4.84. The van der Waals surface area contributed by atoms with Gasteiger partial charge in [0.15, 0.2) is 0 Å². The number of carbonyl (C=O) groups excluding carboxylic acids is 1. The molecule has 136 valence electrons. The van der Waals surface area contributed by atoms with Crippen LogP contribution in [0.5, 0.6) is 5.75 Å². The average Bonchev–Trinajstić information content (AvgIpc) is 2.68. The summed E-state index contributed by atoms with van der Waals surface area (Å²) in [4.78, 5) is 16.9. The van der Waals surface area contributed by atoms with Gasteiger partial charge in [-0.3, -0.25) is 4.79 Å². The molecule has 2 aromatic rings. The van der Waals surface area contributed by atoms with Crippen molar-refractivity contribution in [2.45, 2.75) is 13.8 Å². The first-order valence-corrected chi connectivity index (χ1v) is 9.00. The van der Waals surface area contributed by atoms with Gasteiger partial charge in [0.2, 0.25) is 5.91 Å². The molecule has 1 heterocycles. The smallest absolute Gasteiger partial charge is 0.246 e. The number of carbonyl (C=O) groups is 1. The van der Waals surface area contributed by atoms with Gasteiger partial charge in [-0.05, 0) is 54.8 Å². The Kier molecular flexibility index (Phi) is 5.61. The highest BCUT2D eigenvalue weighted by molar-refractivity contribution is 5.95. The molecule has 4 heteroatoms. The van der Waals surface area contributed by atoms with Gasteiger partial charge in [-0.15, -0.1) is 0 Å². The van der Waals surface area contributed by atoms with Gasteiger partial charge >= 0.3 is 0 Å². The Morgan fingerprint density at radius 1 is 1.04 bits per heavy atom. The molecule has 0 atom stereocenters. The largest absolute Gasteiger partial charge is 0.497 e. The lowest BCUT2D eigenvalue weighted by Gasteiger charge is -2.36. The lowest BCUT2D eigenvalue weighted by molar-refractivity contribution is -0.126. The van der Waals surface area contributed by atoms with E-state index in [1.165, 1.54) is 11.3 Å². The van der Waals surface area contributed by atoms with E-state index in [2.05, 4.69) is 36.1 Å². The fourth-order valence-electron chi connectivity index (χ4n) is 3.22. The standard InChI is InChI=1S/C22H26N2O2/c1-17-5-4-6-20(15-17)23-11-13-24(14-12-23)22(25)16-18(2)19-7-9-21(26-3)10-8-19/h4-10,15-16H,11-14H2,1-3H3/b18-16+. The quantitative estimate of drug-likeness (QED) is 0.787. The Hall–Kier alpha value is -2.75. The Morgan fingerprint density at radius 3 is 2.35 bits per heavy atom. The summed E-state index contributed by atoms with van der Waals surface area (Å²) in [5.74, 6) is 0.905. The summed E-state index contributed by atoms with van der Waals surface area (Å²) >= 11 is 0. The van der Waals surface area contributed by atoms with Gasteiger partial charge < -0.3 is 14.5 Å². The molecular weight excluding hydrogens is 324 g/mol. The second kappa shape index (κ2) is 8.09. The molecule has 1 aliphatic heterocycles. The van der Waals surface area contributed by atoms with E-state index in [1.807, 2.05) is 36.1 Å². The van der Waals surface area contributed by atoms with Crippen LogP contribution in [-0.2, 0) is 4.79 Å². The molecular formula is C22H26N2O2. The van der Waals surface area contributed by atoms with Crippen LogP contribution in [0, 0.1) is 6.92 Å². The van der Waals surface area contributed by atoms with Crippen LogP contribution in [0.1, 0.15) is 18.1 Å². The van der Waals surface area contributed by atoms with Crippen LogP contribution in [0.3, 0.4) is 0 Å². The third kappa shape index (κ3) is 4.26. The summed E-state index contributed by atoms with van der Waals surface area (Å²) in [6.45, 7) is 7.31. The number of hydrogen-bond donors (Lipinski definition) is 0. The molecule has 0 aromatic heterocycles. The molecule has 4 nitrogen and oxygen atoms in total. The minimum atomic E-state index is 0.0854. The van der Waals surface area contributed by atoms with Crippen LogP contribution < -0.4 is 9.64 Å². The van der Waals surface area contributed by atoms with E-state index in [1.54, 1.807) is 13.2 Å². The normalized spacial score (nSPS) is 15.1. The Bertz CT molecular complexity index is 788. The highest BCUT2D eigenvalue weighted by atomic mass is 16.5. The van der Waals surface area contributed by atoms with Crippen LogP contribution in [0.2, 0.25) is 0 Å². The van der Waals surface area contributed by atoms with Gasteiger partial charge in [-0.25, -0.2) is 0 Å². The maximum absolute atomic E-state index is 12.6. The topological polar surface area (TPSA) is 32.8 Å². The van der Waals surface area contributed by atoms with Crippen LogP contribution in [0.15, 0.2) is 54.6 Å². The predicted molar refractivity (Wildman–Crippen MR) is 107 cm³/mol. The van der Waals surface area contributed by atoms with E-state index in [9.17, 15) is 4.79 Å². The number of anilines is 1. The second-order valence-corrected chi connectivity index (χ2v) is 6.71. The summed E-state index contributed by atoms with van der Waals surface area (Å²) in [5, 5.41) is 0. The number of benzene rings is 2. The highest BCUT2D eigenvalue weighted by Crippen LogP contribution is 2.20. The molecule has 1 aliphatic rings. The molecule has 0 N–H and O–H groups in total. The molecule has 2 aromatic carbocycles. The monoisotopic (exact) mass is 350 g/mol. The summed E-state index contributed by atoms with van der Waals surface area (Å²) in [6.07, 6.45) is 1.74. The Labute approximate surface area is 155 Å². The minimum Gasteiger partial charge on any atom is -0.497 e. The molecule has 26 heavy (non-hydrogen) atoms. The summed E-state index contributed by atoms with van der Waals surface area (Å²) in [6, 6.07) is 16.3. The van der Waals surface area contributed by atoms with Crippen molar-refractivity contribution in [2.75, 3.05) is 38.2 Å². The fourth-order valence-corrected chi connectivity index (χ4v) is 3.22. The molecule has 0 aliphatic carbocycles. The van der Waals surface area contributed by atoms with Crippen molar-refractivity contribution >= 4 is 17.2 Å². The van der Waals surface area contributed by atoms with Gasteiger partial charge in [0.1, 0.15) is 5.75 Å². The number of hydrogen-bond acceptors (Lipinski definition) is 3. The first-order valence-electron chi connectivity index (χ1n) is 9.00. The van der Waals surface area contributed by atoms with Gasteiger partial charge in [0, 0.05) is 37.9 Å². The number of amides is 1. The minimum absolute atomic E-state index is 0.0854. The van der Waals surface area contributed by atoms with Crippen molar-refractivity contribution in [3.05, 3.63) is 65.7 Å². The molecule has 0 unspecified atom stereocenters. The zero-order valence-corrected chi connectivity index (χ0v) is 15.7. The lowest BCUT2D eigenvalue weighted by Crippen LogP contribution is -2.48. The number of methoxy groups -OCH3 is 1. The number of aryl methyl sites for hydroxylation is 1. The van der Waals surface area contributed by atoms with Crippen molar-refractivity contribution in [3.8, 4) is 5.75 Å². The Balaban J connectivity index is 1.60. The maximum Gasteiger partial charge on any atom is 0.246 e. The van der Waals surface area contributed by atoms with Crippen molar-refractivity contribution in [2.24, 2.45) is 0 Å². The van der Waals surface area contributed by atoms with Gasteiger partial charge in [0.05, 0.1) is 7.11 Å². The van der Waals surface area contributed by atoms with E-state index in [0.717, 1.165) is 43.1 Å². The summed E-state index contributed by atoms with van der Waals surface area (Å²) < 4.78 is 5.18. The maximum atomic E-state index is 12.6. The zero-order valence-electron chi connectivity index (χ0n) is 15.7. The van der Waals surface area contributed by atoms with E-state index in [0.29, 0.717) is 0 Å². The van der Waals surface area contributed by atoms with Gasteiger partial charge in [-0.2, -0.15) is 0 Å². The van der Waals surface area contributed by atoms with E-state index >= 15 is 0 Å². The summed E-state index contributed by atoms with van der Waals surface area (Å²) in [7, 11) is 1.65. The third-order valence-corrected chi connectivity index (χ3v) is 4.84. The van der Waals surface area contributed by atoms with E-state index in [4.69, 9.17) is 4.74 Å². The first-order chi connectivity index (χ1) is 12.6. The zero-order chi connectivity index (χ0) is 18.5. The second-order valence-electron chi connectivity index (χ2n) is 6.71.